The zero-order valence-electron chi connectivity index (χ0n) is 14.6. The largest absolute Gasteiger partial charge is 0.460 e. The first-order chi connectivity index (χ1) is 12.8. The summed E-state index contributed by atoms with van der Waals surface area (Å²) in [6.45, 7) is 0. The van der Waals surface area contributed by atoms with Gasteiger partial charge in [-0.25, -0.2) is 0 Å². The van der Waals surface area contributed by atoms with Crippen LogP contribution < -0.4 is 10.5 Å². The van der Waals surface area contributed by atoms with E-state index in [9.17, 15) is 18.0 Å². The number of benzene rings is 1. The highest BCUT2D eigenvalue weighted by atomic mass is 19.4. The number of carbonyl (C=O) groups excluding carboxylic acids is 1. The molecule has 2 N–H and O–H groups in total. The van der Waals surface area contributed by atoms with Crippen molar-refractivity contribution in [3.8, 4) is 6.01 Å². The first-order valence-electron chi connectivity index (χ1n) is 8.77. The molecule has 0 unspecified atom stereocenters. The average molecular weight is 379 g/mol. The highest BCUT2D eigenvalue weighted by Crippen LogP contribution is 2.30. The summed E-state index contributed by atoms with van der Waals surface area (Å²) in [7, 11) is 0. The lowest BCUT2D eigenvalue weighted by Crippen LogP contribution is -2.17. The zero-order chi connectivity index (χ0) is 19.4. The van der Waals surface area contributed by atoms with E-state index in [1.807, 2.05) is 0 Å². The summed E-state index contributed by atoms with van der Waals surface area (Å²) in [5, 5.41) is 0. The lowest BCUT2D eigenvalue weighted by molar-refractivity contribution is -0.141. The topological polar surface area (TPSA) is 78.1 Å². The lowest BCUT2D eigenvalue weighted by Gasteiger charge is -2.14. The molecule has 0 atom stereocenters. The molecule has 1 amide bonds. The number of amides is 1. The maximum atomic E-state index is 13.2. The van der Waals surface area contributed by atoms with Crippen LogP contribution in [0.4, 0.5) is 13.2 Å². The number of primary amides is 1. The zero-order valence-corrected chi connectivity index (χ0v) is 14.6. The van der Waals surface area contributed by atoms with Gasteiger partial charge in [0.05, 0.1) is 12.1 Å². The Hall–Kier alpha value is -2.64. The van der Waals surface area contributed by atoms with Gasteiger partial charge in [0.2, 0.25) is 5.91 Å². The molecule has 0 spiro atoms. The molecule has 27 heavy (non-hydrogen) atoms. The van der Waals surface area contributed by atoms with Crippen LogP contribution in [-0.2, 0) is 23.8 Å². The Balaban J connectivity index is 1.81. The number of ether oxygens (including phenoxy) is 1. The highest BCUT2D eigenvalue weighted by Gasteiger charge is 2.34. The van der Waals surface area contributed by atoms with Gasteiger partial charge in [0, 0.05) is 6.42 Å². The van der Waals surface area contributed by atoms with Crippen LogP contribution in [0.15, 0.2) is 30.3 Å². The van der Waals surface area contributed by atoms with Gasteiger partial charge in [0.1, 0.15) is 6.10 Å². The Labute approximate surface area is 154 Å². The number of nitrogens with zero attached hydrogens (tertiary/aromatic N) is 2. The number of hydrogen-bond acceptors (Lipinski definition) is 4. The van der Waals surface area contributed by atoms with Gasteiger partial charge >= 0.3 is 12.2 Å². The highest BCUT2D eigenvalue weighted by molar-refractivity contribution is 5.76. The molecule has 144 valence electrons. The molecule has 1 heterocycles. The summed E-state index contributed by atoms with van der Waals surface area (Å²) in [5.74, 6) is -0.443. The predicted molar refractivity (Wildman–Crippen MR) is 92.1 cm³/mol. The van der Waals surface area contributed by atoms with Gasteiger partial charge in [0.15, 0.2) is 5.69 Å². The van der Waals surface area contributed by atoms with Crippen molar-refractivity contribution >= 4 is 5.91 Å². The fourth-order valence-electron chi connectivity index (χ4n) is 3.10. The quantitative estimate of drug-likeness (QED) is 0.834. The van der Waals surface area contributed by atoms with Gasteiger partial charge in [-0.15, -0.1) is 0 Å². The minimum absolute atomic E-state index is 0.116. The Kier molecular flexibility index (Phi) is 5.62. The maximum absolute atomic E-state index is 13.2. The Morgan fingerprint density at radius 3 is 2.33 bits per heavy atom. The summed E-state index contributed by atoms with van der Waals surface area (Å²) < 4.78 is 45.1. The van der Waals surface area contributed by atoms with Crippen LogP contribution in [0, 0.1) is 0 Å². The molecular formula is C19H20F3N3O2. The minimum atomic E-state index is -4.57. The van der Waals surface area contributed by atoms with E-state index < -0.39 is 17.8 Å². The van der Waals surface area contributed by atoms with Crippen LogP contribution in [0.25, 0.3) is 0 Å². The molecule has 1 aliphatic carbocycles. The van der Waals surface area contributed by atoms with Crippen LogP contribution in [0.3, 0.4) is 0 Å². The molecule has 1 aromatic carbocycles. The normalized spacial score (nSPS) is 15.1. The van der Waals surface area contributed by atoms with Crippen LogP contribution in [0.5, 0.6) is 6.01 Å². The number of alkyl halides is 3. The molecule has 1 aliphatic rings. The molecule has 0 aliphatic heterocycles. The molecule has 0 bridgehead atoms. The molecule has 1 fully saturated rings. The standard InChI is InChI=1S/C19H20F3N3O2/c20-19(21,22)16-11-14(24-18(25-16)27-15-3-1-2-4-15)9-12-5-7-13(8-6-12)10-17(23)26/h5-8,11,15H,1-4,9-10H2,(H2,23,26). The molecular weight excluding hydrogens is 359 g/mol. The molecule has 2 aromatic rings. The third-order valence-corrected chi connectivity index (χ3v) is 4.41. The smallest absolute Gasteiger partial charge is 0.433 e. The van der Waals surface area contributed by atoms with Gasteiger partial charge in [0.25, 0.3) is 0 Å². The number of halogens is 3. The first kappa shape index (κ1) is 19.1. The van der Waals surface area contributed by atoms with E-state index in [4.69, 9.17) is 10.5 Å². The van der Waals surface area contributed by atoms with Crippen LogP contribution in [0.1, 0.15) is 48.2 Å². The van der Waals surface area contributed by atoms with E-state index in [0.717, 1.165) is 42.9 Å². The molecule has 8 heteroatoms. The summed E-state index contributed by atoms with van der Waals surface area (Å²) in [6.07, 6.45) is -0.796. The second-order valence-electron chi connectivity index (χ2n) is 6.69. The molecule has 3 rings (SSSR count). The number of nitrogens with two attached hydrogens (primary N) is 1. The fourth-order valence-corrected chi connectivity index (χ4v) is 3.10. The molecule has 1 saturated carbocycles. The summed E-state index contributed by atoms with van der Waals surface area (Å²) in [6, 6.07) is 7.65. The second-order valence-corrected chi connectivity index (χ2v) is 6.69. The van der Waals surface area contributed by atoms with Crippen molar-refractivity contribution in [1.82, 2.24) is 9.97 Å². The van der Waals surface area contributed by atoms with Crippen molar-refractivity contribution in [3.05, 3.63) is 52.8 Å². The van der Waals surface area contributed by atoms with E-state index in [0.29, 0.717) is 0 Å². The van der Waals surface area contributed by atoms with Gasteiger partial charge in [-0.1, -0.05) is 24.3 Å². The van der Waals surface area contributed by atoms with Crippen molar-refractivity contribution in [2.45, 2.75) is 50.8 Å². The van der Waals surface area contributed by atoms with E-state index >= 15 is 0 Å². The maximum Gasteiger partial charge on any atom is 0.433 e. The van der Waals surface area contributed by atoms with Gasteiger partial charge in [-0.05, 0) is 42.9 Å². The van der Waals surface area contributed by atoms with Gasteiger partial charge in [-0.3, -0.25) is 4.79 Å². The lowest BCUT2D eigenvalue weighted by atomic mass is 10.0. The molecule has 5 nitrogen and oxygen atoms in total. The number of rotatable bonds is 6. The van der Waals surface area contributed by atoms with E-state index in [1.54, 1.807) is 24.3 Å². The number of hydrogen-bond donors (Lipinski definition) is 1. The predicted octanol–water partition coefficient (Wildman–Crippen LogP) is 3.44. The first-order valence-corrected chi connectivity index (χ1v) is 8.77. The van der Waals surface area contributed by atoms with Crippen molar-refractivity contribution in [2.75, 3.05) is 0 Å². The SMILES string of the molecule is NC(=O)Cc1ccc(Cc2cc(C(F)(F)F)nc(OC3CCCC3)n2)cc1. The Morgan fingerprint density at radius 1 is 1.11 bits per heavy atom. The van der Waals surface area contributed by atoms with Crippen LogP contribution in [0.2, 0.25) is 0 Å². The molecule has 1 aromatic heterocycles. The number of aromatic nitrogens is 2. The van der Waals surface area contributed by atoms with Crippen LogP contribution in [-0.4, -0.2) is 22.0 Å². The third-order valence-electron chi connectivity index (χ3n) is 4.41. The molecule has 0 radical (unpaired) electrons. The van der Waals surface area contributed by atoms with Crippen molar-refractivity contribution in [3.63, 3.8) is 0 Å². The summed E-state index contributed by atoms with van der Waals surface area (Å²) in [4.78, 5) is 18.7. The Morgan fingerprint density at radius 2 is 1.74 bits per heavy atom. The monoisotopic (exact) mass is 379 g/mol. The van der Waals surface area contributed by atoms with Gasteiger partial charge in [-0.2, -0.15) is 23.1 Å². The third kappa shape index (κ3) is 5.42. The van der Waals surface area contributed by atoms with Crippen molar-refractivity contribution < 1.29 is 22.7 Å². The molecule has 0 saturated heterocycles. The van der Waals surface area contributed by atoms with Crippen LogP contribution >= 0.6 is 0 Å². The van der Waals surface area contributed by atoms with E-state index in [2.05, 4.69) is 9.97 Å². The summed E-state index contributed by atoms with van der Waals surface area (Å²) >= 11 is 0. The summed E-state index contributed by atoms with van der Waals surface area (Å²) in [5.41, 5.74) is 5.88. The average Bonchev–Trinajstić information content (AvgIpc) is 3.08. The van der Waals surface area contributed by atoms with Gasteiger partial charge < -0.3 is 10.5 Å². The minimum Gasteiger partial charge on any atom is -0.460 e. The second kappa shape index (κ2) is 7.94. The van der Waals surface area contributed by atoms with Crippen molar-refractivity contribution in [1.29, 1.82) is 0 Å². The van der Waals surface area contributed by atoms with E-state index in [1.165, 1.54) is 0 Å². The fraction of sp³-hybridized carbons (Fsp3) is 0.421. The van der Waals surface area contributed by atoms with Crippen molar-refractivity contribution in [2.24, 2.45) is 5.73 Å². The Bertz CT molecular complexity index is 801. The number of carbonyl (C=O) groups is 1. The van der Waals surface area contributed by atoms with E-state index in [-0.39, 0.29) is 30.7 Å².